The SMILES string of the molecule is O=C(c1ccc2cc(Oc3ccc(C(F)(F)F)nc3)ccc2n1)N1CCN[C@H](CO)C1. The van der Waals surface area contributed by atoms with Gasteiger partial charge in [-0.3, -0.25) is 4.79 Å². The minimum atomic E-state index is -4.51. The molecule has 162 valence electrons. The summed E-state index contributed by atoms with van der Waals surface area (Å²) in [4.78, 5) is 22.2. The van der Waals surface area contributed by atoms with Crippen molar-refractivity contribution < 1.29 is 27.8 Å². The van der Waals surface area contributed by atoms with E-state index in [-0.39, 0.29) is 24.3 Å². The second kappa shape index (κ2) is 8.48. The lowest BCUT2D eigenvalue weighted by molar-refractivity contribution is -0.141. The number of hydrogen-bond acceptors (Lipinski definition) is 6. The molecule has 31 heavy (non-hydrogen) atoms. The summed E-state index contributed by atoms with van der Waals surface area (Å²) in [6.45, 7) is 1.49. The van der Waals surface area contributed by atoms with Crippen molar-refractivity contribution in [2.24, 2.45) is 0 Å². The van der Waals surface area contributed by atoms with Crippen molar-refractivity contribution in [3.63, 3.8) is 0 Å². The molecule has 7 nitrogen and oxygen atoms in total. The van der Waals surface area contributed by atoms with Gasteiger partial charge in [-0.2, -0.15) is 13.2 Å². The van der Waals surface area contributed by atoms with Gasteiger partial charge < -0.3 is 20.1 Å². The van der Waals surface area contributed by atoms with Crippen molar-refractivity contribution in [3.05, 3.63) is 60.0 Å². The van der Waals surface area contributed by atoms with Gasteiger partial charge in [-0.1, -0.05) is 6.07 Å². The maximum absolute atomic E-state index is 12.8. The van der Waals surface area contributed by atoms with E-state index in [9.17, 15) is 23.1 Å². The molecule has 4 rings (SSSR count). The second-order valence-corrected chi connectivity index (χ2v) is 7.11. The molecule has 1 aliphatic rings. The van der Waals surface area contributed by atoms with Gasteiger partial charge in [0.1, 0.15) is 22.9 Å². The number of benzene rings is 1. The normalized spacial score (nSPS) is 17.0. The molecule has 1 aliphatic heterocycles. The van der Waals surface area contributed by atoms with Crippen LogP contribution in [0.2, 0.25) is 0 Å². The first-order valence-corrected chi connectivity index (χ1v) is 9.59. The van der Waals surface area contributed by atoms with Crippen LogP contribution < -0.4 is 10.1 Å². The monoisotopic (exact) mass is 432 g/mol. The molecule has 1 fully saturated rings. The maximum Gasteiger partial charge on any atom is 0.433 e. The Morgan fingerprint density at radius 1 is 1.19 bits per heavy atom. The van der Waals surface area contributed by atoms with E-state index in [1.807, 2.05) is 0 Å². The Morgan fingerprint density at radius 3 is 2.71 bits per heavy atom. The Bertz CT molecular complexity index is 1090. The highest BCUT2D eigenvalue weighted by atomic mass is 19.4. The first-order valence-electron chi connectivity index (χ1n) is 9.59. The Morgan fingerprint density at radius 2 is 2.00 bits per heavy atom. The van der Waals surface area contributed by atoms with Crippen molar-refractivity contribution in [1.29, 1.82) is 0 Å². The summed E-state index contributed by atoms with van der Waals surface area (Å²) in [5.41, 5.74) is -0.112. The molecule has 1 saturated heterocycles. The molecule has 0 aliphatic carbocycles. The van der Waals surface area contributed by atoms with Crippen LogP contribution in [0.5, 0.6) is 11.5 Å². The number of nitrogens with one attached hydrogen (secondary N) is 1. The quantitative estimate of drug-likeness (QED) is 0.659. The van der Waals surface area contributed by atoms with Gasteiger partial charge in [0.25, 0.3) is 5.91 Å². The fourth-order valence-electron chi connectivity index (χ4n) is 3.32. The number of alkyl halides is 3. The number of pyridine rings is 2. The zero-order valence-electron chi connectivity index (χ0n) is 16.3. The first-order chi connectivity index (χ1) is 14.8. The van der Waals surface area contributed by atoms with E-state index < -0.39 is 11.9 Å². The molecule has 1 aromatic carbocycles. The van der Waals surface area contributed by atoms with Crippen molar-refractivity contribution in [2.75, 3.05) is 26.2 Å². The minimum Gasteiger partial charge on any atom is -0.456 e. The van der Waals surface area contributed by atoms with Gasteiger partial charge in [0.2, 0.25) is 0 Å². The molecule has 0 bridgehead atoms. The van der Waals surface area contributed by atoms with Crippen LogP contribution >= 0.6 is 0 Å². The summed E-state index contributed by atoms with van der Waals surface area (Å²) in [6.07, 6.45) is -3.49. The lowest BCUT2D eigenvalue weighted by atomic mass is 10.1. The third kappa shape index (κ3) is 4.75. The van der Waals surface area contributed by atoms with Crippen LogP contribution in [0.15, 0.2) is 48.7 Å². The topological polar surface area (TPSA) is 87.6 Å². The molecule has 0 unspecified atom stereocenters. The van der Waals surface area contributed by atoms with Crippen molar-refractivity contribution in [3.8, 4) is 11.5 Å². The fourth-order valence-corrected chi connectivity index (χ4v) is 3.32. The molecule has 10 heteroatoms. The molecule has 2 aromatic heterocycles. The Labute approximate surface area is 175 Å². The minimum absolute atomic E-state index is 0.0494. The number of piperazine rings is 1. The van der Waals surface area contributed by atoms with E-state index in [2.05, 4.69) is 15.3 Å². The number of rotatable bonds is 4. The summed E-state index contributed by atoms with van der Waals surface area (Å²) in [6, 6.07) is 10.2. The molecule has 0 saturated carbocycles. The van der Waals surface area contributed by atoms with Gasteiger partial charge in [0.15, 0.2) is 0 Å². The highest BCUT2D eigenvalue weighted by Crippen LogP contribution is 2.30. The Hall–Kier alpha value is -3.24. The molecule has 1 amide bonds. The summed E-state index contributed by atoms with van der Waals surface area (Å²) >= 11 is 0. The third-order valence-corrected chi connectivity index (χ3v) is 4.91. The van der Waals surface area contributed by atoms with E-state index in [0.717, 1.165) is 12.3 Å². The molecule has 0 radical (unpaired) electrons. The second-order valence-electron chi connectivity index (χ2n) is 7.11. The van der Waals surface area contributed by atoms with Crippen molar-refractivity contribution >= 4 is 16.8 Å². The number of aromatic nitrogens is 2. The number of nitrogens with zero attached hydrogens (tertiary/aromatic N) is 3. The van der Waals surface area contributed by atoms with Gasteiger partial charge in [-0.25, -0.2) is 9.97 Å². The predicted octanol–water partition coefficient (Wildman–Crippen LogP) is 2.85. The highest BCUT2D eigenvalue weighted by molar-refractivity contribution is 5.95. The first kappa shape index (κ1) is 21.0. The number of carbonyl (C=O) groups is 1. The van der Waals surface area contributed by atoms with Gasteiger partial charge in [-0.05, 0) is 36.4 Å². The lowest BCUT2D eigenvalue weighted by Gasteiger charge is -2.32. The molecule has 3 heterocycles. The van der Waals surface area contributed by atoms with Gasteiger partial charge in [0.05, 0.1) is 18.3 Å². The van der Waals surface area contributed by atoms with Gasteiger partial charge in [0, 0.05) is 31.1 Å². The predicted molar refractivity (Wildman–Crippen MR) is 106 cm³/mol. The van der Waals surface area contributed by atoms with E-state index in [4.69, 9.17) is 4.74 Å². The fraction of sp³-hybridized carbons (Fsp3) is 0.286. The zero-order chi connectivity index (χ0) is 22.0. The highest BCUT2D eigenvalue weighted by Gasteiger charge is 2.32. The van der Waals surface area contributed by atoms with E-state index in [1.54, 1.807) is 35.2 Å². The largest absolute Gasteiger partial charge is 0.456 e. The van der Waals surface area contributed by atoms with E-state index >= 15 is 0 Å². The van der Waals surface area contributed by atoms with Crippen LogP contribution in [0.3, 0.4) is 0 Å². The molecule has 0 spiro atoms. The Balaban J connectivity index is 1.50. The number of aliphatic hydroxyl groups excluding tert-OH is 1. The summed E-state index contributed by atoms with van der Waals surface area (Å²) in [5, 5.41) is 13.1. The summed E-state index contributed by atoms with van der Waals surface area (Å²) < 4.78 is 43.4. The number of hydrogen-bond donors (Lipinski definition) is 2. The smallest absolute Gasteiger partial charge is 0.433 e. The lowest BCUT2D eigenvalue weighted by Crippen LogP contribution is -2.54. The van der Waals surface area contributed by atoms with Crippen LogP contribution in [0.4, 0.5) is 13.2 Å². The average molecular weight is 432 g/mol. The zero-order valence-corrected chi connectivity index (χ0v) is 16.3. The van der Waals surface area contributed by atoms with Crippen LogP contribution in [-0.4, -0.2) is 58.2 Å². The number of halogens is 3. The van der Waals surface area contributed by atoms with Crippen LogP contribution in [0.1, 0.15) is 16.2 Å². The standard InChI is InChI=1S/C21H19F3N4O3/c22-21(23,24)19-6-3-16(10-26-19)31-15-2-5-17-13(9-15)1-4-18(27-17)20(30)28-8-7-25-14(11-28)12-29/h1-6,9-10,14,25,29H,7-8,11-12H2/t14-/m0/s1. The number of carbonyl (C=O) groups excluding carboxylic acids is 1. The van der Waals surface area contributed by atoms with Crippen molar-refractivity contribution in [2.45, 2.75) is 12.2 Å². The van der Waals surface area contributed by atoms with E-state index in [0.29, 0.717) is 42.0 Å². The third-order valence-electron chi connectivity index (χ3n) is 4.91. The number of amides is 1. The van der Waals surface area contributed by atoms with Gasteiger partial charge in [-0.15, -0.1) is 0 Å². The molecule has 2 N–H and O–H groups in total. The van der Waals surface area contributed by atoms with Crippen LogP contribution in [0, 0.1) is 0 Å². The average Bonchev–Trinajstić information content (AvgIpc) is 2.78. The molecule has 3 aromatic rings. The summed E-state index contributed by atoms with van der Waals surface area (Å²) in [5.74, 6) is 0.366. The van der Waals surface area contributed by atoms with E-state index in [1.165, 1.54) is 6.07 Å². The number of aliphatic hydroxyl groups is 1. The molecule has 1 atom stereocenters. The molecular weight excluding hydrogens is 413 g/mol. The van der Waals surface area contributed by atoms with Gasteiger partial charge >= 0.3 is 6.18 Å². The van der Waals surface area contributed by atoms with Crippen LogP contribution in [0.25, 0.3) is 10.9 Å². The number of ether oxygens (including phenoxy) is 1. The Kier molecular flexibility index (Phi) is 5.75. The maximum atomic E-state index is 12.8. The van der Waals surface area contributed by atoms with Crippen LogP contribution in [-0.2, 0) is 6.18 Å². The summed E-state index contributed by atoms with van der Waals surface area (Å²) in [7, 11) is 0. The van der Waals surface area contributed by atoms with Crippen molar-refractivity contribution in [1.82, 2.24) is 20.2 Å². The molecular formula is C21H19F3N4O3. The number of fused-ring (bicyclic) bond motifs is 1.